The van der Waals surface area contributed by atoms with Crippen LogP contribution in [0.25, 0.3) is 0 Å². The van der Waals surface area contributed by atoms with Crippen LogP contribution >= 0.6 is 31.9 Å². The molecule has 1 atom stereocenters. The van der Waals surface area contributed by atoms with Gasteiger partial charge in [-0.3, -0.25) is 13.9 Å². The highest BCUT2D eigenvalue weighted by atomic mass is 79.9. The van der Waals surface area contributed by atoms with Crippen molar-refractivity contribution in [1.82, 2.24) is 10.2 Å². The summed E-state index contributed by atoms with van der Waals surface area (Å²) in [5, 5.41) is 3.22. The number of nitrogens with zero attached hydrogens (tertiary/aromatic N) is 2. The van der Waals surface area contributed by atoms with Crippen molar-refractivity contribution >= 4 is 59.4 Å². The molecular formula is C32H37Br2N3O4S. The van der Waals surface area contributed by atoms with Gasteiger partial charge in [0.05, 0.1) is 11.9 Å². The molecule has 0 bridgehead atoms. The number of aryl methyl sites for hydroxylation is 1. The number of anilines is 1. The number of carbonyl (C=O) groups is 2. The van der Waals surface area contributed by atoms with Gasteiger partial charge in [0.15, 0.2) is 0 Å². The topological polar surface area (TPSA) is 86.8 Å². The van der Waals surface area contributed by atoms with Crippen LogP contribution in [0.15, 0.2) is 81.7 Å². The molecule has 3 aromatic carbocycles. The summed E-state index contributed by atoms with van der Waals surface area (Å²) in [6, 6.07) is 21.6. The van der Waals surface area contributed by atoms with Crippen molar-refractivity contribution in [3.05, 3.63) is 98.4 Å². The number of carbonyl (C=O) groups excluding carboxylic acids is 2. The predicted molar refractivity (Wildman–Crippen MR) is 175 cm³/mol. The Morgan fingerprint density at radius 2 is 1.62 bits per heavy atom. The maximum absolute atomic E-state index is 14.3. The van der Waals surface area contributed by atoms with Crippen LogP contribution < -0.4 is 9.62 Å². The minimum atomic E-state index is -3.82. The molecule has 0 radical (unpaired) electrons. The molecule has 0 aromatic heterocycles. The first-order chi connectivity index (χ1) is 20.0. The van der Waals surface area contributed by atoms with Crippen molar-refractivity contribution in [3.8, 4) is 0 Å². The quantitative estimate of drug-likeness (QED) is 0.250. The van der Waals surface area contributed by atoms with Gasteiger partial charge in [-0.1, -0.05) is 93.6 Å². The Kier molecular flexibility index (Phi) is 11.3. The summed E-state index contributed by atoms with van der Waals surface area (Å²) in [7, 11) is -3.82. The standard InChI is InChI=1S/C32H37Br2N3O4S/c1-23-18-28(16-17-29(23)34)37(42(2,40)41)22-31(38)36(21-25-12-9-13-26(33)19-25)30(20-24-10-5-3-6-11-24)32(39)35-27-14-7-4-8-15-27/h3,5-6,9-13,16-19,27,30H,4,7-8,14-15,20-22H2,1-2H3,(H,35,39). The third-order valence-corrected chi connectivity index (χ3v) is 10.1. The molecule has 1 aliphatic carbocycles. The van der Waals surface area contributed by atoms with Gasteiger partial charge in [0.2, 0.25) is 21.8 Å². The van der Waals surface area contributed by atoms with E-state index in [1.54, 1.807) is 18.2 Å². The third-order valence-electron chi connectivity index (χ3n) is 7.57. The second kappa shape index (κ2) is 14.7. The first kappa shape index (κ1) is 32.2. The average molecular weight is 720 g/mol. The van der Waals surface area contributed by atoms with E-state index in [-0.39, 0.29) is 18.5 Å². The van der Waals surface area contributed by atoms with Gasteiger partial charge in [-0.2, -0.15) is 0 Å². The molecule has 1 fully saturated rings. The predicted octanol–water partition coefficient (Wildman–Crippen LogP) is 6.38. The molecule has 1 N–H and O–H groups in total. The van der Waals surface area contributed by atoms with Gasteiger partial charge in [-0.05, 0) is 66.8 Å². The molecule has 3 aromatic rings. The van der Waals surface area contributed by atoms with E-state index in [0.29, 0.717) is 12.1 Å². The Morgan fingerprint density at radius 3 is 2.26 bits per heavy atom. The van der Waals surface area contributed by atoms with E-state index < -0.39 is 28.5 Å². The molecular weight excluding hydrogens is 682 g/mol. The molecule has 0 aliphatic heterocycles. The van der Waals surface area contributed by atoms with E-state index in [2.05, 4.69) is 37.2 Å². The van der Waals surface area contributed by atoms with E-state index in [4.69, 9.17) is 0 Å². The van der Waals surface area contributed by atoms with Gasteiger partial charge in [0, 0.05) is 28.0 Å². The van der Waals surface area contributed by atoms with Crippen molar-refractivity contribution in [2.45, 2.75) is 64.1 Å². The number of halogens is 2. The normalized spacial score (nSPS) is 14.7. The van der Waals surface area contributed by atoms with Crippen LogP contribution in [0.5, 0.6) is 0 Å². The van der Waals surface area contributed by atoms with Crippen LogP contribution in [0.2, 0.25) is 0 Å². The van der Waals surface area contributed by atoms with Crippen LogP contribution in [-0.2, 0) is 32.6 Å². The molecule has 42 heavy (non-hydrogen) atoms. The Morgan fingerprint density at radius 1 is 0.929 bits per heavy atom. The minimum absolute atomic E-state index is 0.0607. The first-order valence-corrected chi connectivity index (χ1v) is 17.6. The minimum Gasteiger partial charge on any atom is -0.352 e. The number of nitrogens with one attached hydrogen (secondary N) is 1. The number of amides is 2. The van der Waals surface area contributed by atoms with E-state index >= 15 is 0 Å². The zero-order chi connectivity index (χ0) is 30.3. The van der Waals surface area contributed by atoms with E-state index in [1.807, 2.05) is 61.5 Å². The molecule has 0 saturated heterocycles. The summed E-state index contributed by atoms with van der Waals surface area (Å²) < 4.78 is 28.8. The molecule has 1 saturated carbocycles. The highest BCUT2D eigenvalue weighted by Crippen LogP contribution is 2.26. The van der Waals surface area contributed by atoms with Crippen LogP contribution in [0.1, 0.15) is 48.8 Å². The van der Waals surface area contributed by atoms with Crippen LogP contribution in [0.4, 0.5) is 5.69 Å². The highest BCUT2D eigenvalue weighted by molar-refractivity contribution is 9.10. The second-order valence-corrected chi connectivity index (χ2v) is 14.6. The van der Waals surface area contributed by atoms with Crippen molar-refractivity contribution < 1.29 is 18.0 Å². The fourth-order valence-electron chi connectivity index (χ4n) is 5.33. The van der Waals surface area contributed by atoms with Gasteiger partial charge in [-0.25, -0.2) is 8.42 Å². The van der Waals surface area contributed by atoms with Gasteiger partial charge < -0.3 is 10.2 Å². The summed E-state index contributed by atoms with van der Waals surface area (Å²) in [6.45, 7) is 1.57. The van der Waals surface area contributed by atoms with Crippen LogP contribution in [0.3, 0.4) is 0 Å². The lowest BCUT2D eigenvalue weighted by Gasteiger charge is -2.35. The number of rotatable bonds is 11. The van der Waals surface area contributed by atoms with E-state index in [0.717, 1.165) is 68.3 Å². The molecule has 1 aliphatic rings. The lowest BCUT2D eigenvalue weighted by Crippen LogP contribution is -2.55. The van der Waals surface area contributed by atoms with E-state index in [1.165, 1.54) is 4.90 Å². The largest absolute Gasteiger partial charge is 0.352 e. The maximum atomic E-state index is 14.3. The fourth-order valence-corrected chi connectivity index (χ4v) is 6.86. The molecule has 0 heterocycles. The zero-order valence-corrected chi connectivity index (χ0v) is 27.9. The Labute approximate surface area is 266 Å². The highest BCUT2D eigenvalue weighted by Gasteiger charge is 2.34. The molecule has 224 valence electrons. The van der Waals surface area contributed by atoms with Gasteiger partial charge in [0.1, 0.15) is 12.6 Å². The van der Waals surface area contributed by atoms with Crippen LogP contribution in [-0.4, -0.2) is 50.0 Å². The van der Waals surface area contributed by atoms with Gasteiger partial charge in [0.25, 0.3) is 0 Å². The number of hydrogen-bond acceptors (Lipinski definition) is 4. The second-order valence-electron chi connectivity index (χ2n) is 10.9. The maximum Gasteiger partial charge on any atom is 0.244 e. The Balaban J connectivity index is 1.73. The van der Waals surface area contributed by atoms with Gasteiger partial charge in [-0.15, -0.1) is 0 Å². The van der Waals surface area contributed by atoms with Crippen molar-refractivity contribution in [1.29, 1.82) is 0 Å². The fraction of sp³-hybridized carbons (Fsp3) is 0.375. The van der Waals surface area contributed by atoms with Crippen molar-refractivity contribution in [2.75, 3.05) is 17.1 Å². The summed E-state index contributed by atoms with van der Waals surface area (Å²) in [5.41, 5.74) is 2.97. The molecule has 4 rings (SSSR count). The molecule has 1 unspecified atom stereocenters. The molecule has 2 amide bonds. The third kappa shape index (κ3) is 8.91. The molecule has 10 heteroatoms. The van der Waals surface area contributed by atoms with Crippen molar-refractivity contribution in [3.63, 3.8) is 0 Å². The Hall–Kier alpha value is -2.69. The SMILES string of the molecule is Cc1cc(N(CC(=O)N(Cc2cccc(Br)c2)C(Cc2ccccc2)C(=O)NC2CCCCC2)S(C)(=O)=O)ccc1Br. The molecule has 0 spiro atoms. The van der Waals surface area contributed by atoms with E-state index in [9.17, 15) is 18.0 Å². The summed E-state index contributed by atoms with van der Waals surface area (Å²) in [4.78, 5) is 29.8. The van der Waals surface area contributed by atoms with Crippen LogP contribution in [0, 0.1) is 6.92 Å². The molecule has 7 nitrogen and oxygen atoms in total. The first-order valence-electron chi connectivity index (χ1n) is 14.1. The number of sulfonamides is 1. The Bertz CT molecular complexity index is 1490. The lowest BCUT2D eigenvalue weighted by atomic mass is 9.94. The monoisotopic (exact) mass is 717 g/mol. The van der Waals surface area contributed by atoms with Crippen molar-refractivity contribution in [2.24, 2.45) is 0 Å². The number of benzene rings is 3. The van der Waals surface area contributed by atoms with Gasteiger partial charge >= 0.3 is 0 Å². The summed E-state index contributed by atoms with van der Waals surface area (Å²) >= 11 is 6.97. The smallest absolute Gasteiger partial charge is 0.244 e. The number of hydrogen-bond donors (Lipinski definition) is 1. The zero-order valence-electron chi connectivity index (χ0n) is 23.9. The lowest BCUT2D eigenvalue weighted by molar-refractivity contribution is -0.140. The summed E-state index contributed by atoms with van der Waals surface area (Å²) in [6.07, 6.45) is 6.49. The summed E-state index contributed by atoms with van der Waals surface area (Å²) in [5.74, 6) is -0.680. The average Bonchev–Trinajstić information content (AvgIpc) is 2.95.